The van der Waals surface area contributed by atoms with Gasteiger partial charge in [-0.25, -0.2) is 0 Å². The van der Waals surface area contributed by atoms with Gasteiger partial charge >= 0.3 is 0 Å². The molecule has 2 atom stereocenters. The van der Waals surface area contributed by atoms with E-state index in [9.17, 15) is 4.79 Å². The largest absolute Gasteiger partial charge is 0.379 e. The Kier molecular flexibility index (Phi) is 2.83. The van der Waals surface area contributed by atoms with Crippen molar-refractivity contribution in [3.8, 4) is 0 Å². The number of rotatable bonds is 3. The summed E-state index contributed by atoms with van der Waals surface area (Å²) < 4.78 is 10.3. The van der Waals surface area contributed by atoms with E-state index in [-0.39, 0.29) is 6.10 Å². The highest BCUT2D eigenvalue weighted by atomic mass is 16.6. The third kappa shape index (κ3) is 2.08. The normalized spacial score (nSPS) is 28.3. The van der Waals surface area contributed by atoms with E-state index in [0.717, 1.165) is 13.0 Å². The zero-order valence-electron chi connectivity index (χ0n) is 6.00. The van der Waals surface area contributed by atoms with Gasteiger partial charge in [-0.2, -0.15) is 0 Å². The lowest BCUT2D eigenvalue weighted by atomic mass is 10.3. The molecule has 0 amide bonds. The zero-order valence-corrected chi connectivity index (χ0v) is 6.00. The predicted octanol–water partition coefficient (Wildman–Crippen LogP) is 0.290. The smallest absolute Gasteiger partial charge is 0.229 e. The lowest BCUT2D eigenvalue weighted by molar-refractivity contribution is 0.0238. The van der Waals surface area contributed by atoms with E-state index >= 15 is 0 Å². The first-order chi connectivity index (χ1) is 4.83. The maximum Gasteiger partial charge on any atom is 0.229 e. The summed E-state index contributed by atoms with van der Waals surface area (Å²) in [6.07, 6.45) is 2.36. The van der Waals surface area contributed by atoms with Crippen LogP contribution in [-0.4, -0.2) is 31.7 Å². The molecule has 0 unspecified atom stereocenters. The maximum atomic E-state index is 10.0. The van der Waals surface area contributed by atoms with E-state index in [0.29, 0.717) is 6.61 Å². The van der Waals surface area contributed by atoms with Crippen LogP contribution in [0.2, 0.25) is 0 Å². The minimum atomic E-state index is -0.410. The lowest BCUT2D eigenvalue weighted by Gasteiger charge is -2.10. The first kappa shape index (κ1) is 7.69. The minimum Gasteiger partial charge on any atom is -0.379 e. The van der Waals surface area contributed by atoms with Crippen LogP contribution in [0, 0.1) is 0 Å². The van der Waals surface area contributed by atoms with Crippen molar-refractivity contribution in [2.24, 2.45) is 0 Å². The van der Waals surface area contributed by atoms with Crippen LogP contribution in [-0.2, 0) is 14.3 Å². The summed E-state index contributed by atoms with van der Waals surface area (Å²) in [4.78, 5) is 10.0. The van der Waals surface area contributed by atoms with Crippen LogP contribution >= 0.6 is 0 Å². The Labute approximate surface area is 60.3 Å². The van der Waals surface area contributed by atoms with E-state index in [1.807, 2.05) is 0 Å². The molecule has 0 aliphatic carbocycles. The van der Waals surface area contributed by atoms with Crippen molar-refractivity contribution in [3.63, 3.8) is 0 Å². The Morgan fingerprint density at radius 2 is 2.60 bits per heavy atom. The van der Waals surface area contributed by atoms with E-state index in [1.165, 1.54) is 0 Å². The summed E-state index contributed by atoms with van der Waals surface area (Å²) in [6, 6.07) is 0. The fourth-order valence-electron chi connectivity index (χ4n) is 0.937. The molecule has 1 heterocycles. The van der Waals surface area contributed by atoms with Gasteiger partial charge in [0, 0.05) is 6.61 Å². The van der Waals surface area contributed by atoms with Gasteiger partial charge in [-0.15, -0.1) is 0 Å². The SMILES string of the molecule is C[C@H]([C]=O)O[C@H]1CCOC1. The summed E-state index contributed by atoms with van der Waals surface area (Å²) in [6.45, 7) is 3.05. The van der Waals surface area contributed by atoms with E-state index in [4.69, 9.17) is 9.47 Å². The molecule has 0 spiro atoms. The second-order valence-electron chi connectivity index (χ2n) is 2.38. The third-order valence-electron chi connectivity index (χ3n) is 1.45. The van der Waals surface area contributed by atoms with E-state index in [2.05, 4.69) is 0 Å². The lowest BCUT2D eigenvalue weighted by Crippen LogP contribution is -2.20. The molecular formula is C7H11O3. The number of hydrogen-bond donors (Lipinski definition) is 0. The monoisotopic (exact) mass is 143 g/mol. The van der Waals surface area contributed by atoms with Gasteiger partial charge in [-0.05, 0) is 13.3 Å². The molecule has 0 aromatic heterocycles. The topological polar surface area (TPSA) is 35.5 Å². The maximum absolute atomic E-state index is 10.0. The van der Waals surface area contributed by atoms with Crippen LogP contribution in [0.4, 0.5) is 0 Å². The van der Waals surface area contributed by atoms with Crippen molar-refractivity contribution in [2.45, 2.75) is 25.6 Å². The van der Waals surface area contributed by atoms with Crippen LogP contribution in [0.5, 0.6) is 0 Å². The molecule has 3 nitrogen and oxygen atoms in total. The van der Waals surface area contributed by atoms with Crippen LogP contribution in [0.25, 0.3) is 0 Å². The van der Waals surface area contributed by atoms with Crippen molar-refractivity contribution >= 4 is 6.29 Å². The molecule has 1 aliphatic heterocycles. The Morgan fingerprint density at radius 1 is 1.80 bits per heavy atom. The molecule has 0 bridgehead atoms. The first-order valence-corrected chi connectivity index (χ1v) is 3.44. The van der Waals surface area contributed by atoms with Gasteiger partial charge < -0.3 is 9.47 Å². The summed E-state index contributed by atoms with van der Waals surface area (Å²) in [7, 11) is 0. The van der Waals surface area contributed by atoms with Gasteiger partial charge in [0.15, 0.2) is 0 Å². The van der Waals surface area contributed by atoms with Gasteiger partial charge in [0.2, 0.25) is 6.29 Å². The van der Waals surface area contributed by atoms with Crippen molar-refractivity contribution in [2.75, 3.05) is 13.2 Å². The standard InChI is InChI=1S/C7H11O3/c1-6(4-8)10-7-2-3-9-5-7/h6-7H,2-3,5H2,1H3/t6-,7+/m1/s1. The Morgan fingerprint density at radius 3 is 3.10 bits per heavy atom. The van der Waals surface area contributed by atoms with Crippen molar-refractivity contribution in [1.82, 2.24) is 0 Å². The highest BCUT2D eigenvalue weighted by Gasteiger charge is 2.18. The quantitative estimate of drug-likeness (QED) is 0.569. The van der Waals surface area contributed by atoms with E-state index in [1.54, 1.807) is 13.2 Å². The average molecular weight is 143 g/mol. The Bertz CT molecular complexity index is 107. The van der Waals surface area contributed by atoms with Gasteiger partial charge in [0.25, 0.3) is 0 Å². The molecule has 1 fully saturated rings. The molecule has 0 aromatic carbocycles. The molecule has 0 N–H and O–H groups in total. The first-order valence-electron chi connectivity index (χ1n) is 3.44. The predicted molar refractivity (Wildman–Crippen MR) is 35.5 cm³/mol. The van der Waals surface area contributed by atoms with Crippen LogP contribution in [0.1, 0.15) is 13.3 Å². The summed E-state index contributed by atoms with van der Waals surface area (Å²) in [5.41, 5.74) is 0. The molecule has 0 saturated carbocycles. The fourth-order valence-corrected chi connectivity index (χ4v) is 0.937. The highest BCUT2D eigenvalue weighted by Crippen LogP contribution is 2.09. The second-order valence-corrected chi connectivity index (χ2v) is 2.38. The van der Waals surface area contributed by atoms with Crippen LogP contribution < -0.4 is 0 Å². The molecular weight excluding hydrogens is 132 g/mol. The average Bonchev–Trinajstić information content (AvgIpc) is 2.40. The molecule has 10 heavy (non-hydrogen) atoms. The van der Waals surface area contributed by atoms with Gasteiger partial charge in [-0.3, -0.25) is 4.79 Å². The summed E-state index contributed by atoms with van der Waals surface area (Å²) >= 11 is 0. The summed E-state index contributed by atoms with van der Waals surface area (Å²) in [5, 5.41) is 0. The molecule has 0 aromatic rings. The molecule has 57 valence electrons. The van der Waals surface area contributed by atoms with Crippen molar-refractivity contribution in [1.29, 1.82) is 0 Å². The number of ether oxygens (including phenoxy) is 2. The fraction of sp³-hybridized carbons (Fsp3) is 0.857. The number of hydrogen-bond acceptors (Lipinski definition) is 3. The molecule has 1 radical (unpaired) electrons. The Hall–Kier alpha value is -0.410. The molecule has 1 rings (SSSR count). The zero-order chi connectivity index (χ0) is 7.40. The molecule has 3 heteroatoms. The van der Waals surface area contributed by atoms with Gasteiger partial charge in [0.1, 0.15) is 6.10 Å². The molecule has 1 saturated heterocycles. The van der Waals surface area contributed by atoms with Crippen molar-refractivity contribution in [3.05, 3.63) is 0 Å². The Balaban J connectivity index is 2.17. The van der Waals surface area contributed by atoms with Crippen molar-refractivity contribution < 1.29 is 14.3 Å². The van der Waals surface area contributed by atoms with Gasteiger partial charge in [0.05, 0.1) is 12.7 Å². The molecule has 1 aliphatic rings. The van der Waals surface area contributed by atoms with Gasteiger partial charge in [-0.1, -0.05) is 0 Å². The third-order valence-corrected chi connectivity index (χ3v) is 1.45. The minimum absolute atomic E-state index is 0.108. The van der Waals surface area contributed by atoms with Crippen LogP contribution in [0.3, 0.4) is 0 Å². The highest BCUT2D eigenvalue weighted by molar-refractivity contribution is 5.56. The second kappa shape index (κ2) is 3.68. The summed E-state index contributed by atoms with van der Waals surface area (Å²) in [5.74, 6) is 0. The van der Waals surface area contributed by atoms with E-state index < -0.39 is 6.10 Å². The van der Waals surface area contributed by atoms with Crippen LogP contribution in [0.15, 0.2) is 0 Å². The number of carbonyl (C=O) groups excluding carboxylic acids is 1.